The Labute approximate surface area is 186 Å². The number of amides is 2. The van der Waals surface area contributed by atoms with E-state index in [0.717, 1.165) is 23.6 Å². The van der Waals surface area contributed by atoms with Crippen molar-refractivity contribution in [3.8, 4) is 5.75 Å². The Bertz CT molecular complexity index is 1070. The third kappa shape index (κ3) is 6.57. The molecule has 0 aliphatic carbocycles. The number of hydrogen-bond acceptors (Lipinski definition) is 5. The van der Waals surface area contributed by atoms with E-state index in [0.29, 0.717) is 23.6 Å². The van der Waals surface area contributed by atoms with Crippen LogP contribution in [0, 0.1) is 0 Å². The van der Waals surface area contributed by atoms with Gasteiger partial charge in [0.1, 0.15) is 12.3 Å². The number of benzene rings is 3. The fourth-order valence-corrected chi connectivity index (χ4v) is 3.01. The van der Waals surface area contributed by atoms with Gasteiger partial charge in [0.25, 0.3) is 11.8 Å². The van der Waals surface area contributed by atoms with Gasteiger partial charge in [-0.2, -0.15) is 0 Å². The van der Waals surface area contributed by atoms with E-state index in [1.165, 1.54) is 0 Å². The van der Waals surface area contributed by atoms with E-state index in [9.17, 15) is 14.4 Å². The molecule has 7 nitrogen and oxygen atoms in total. The normalized spacial score (nSPS) is 10.4. The number of esters is 1. The minimum absolute atomic E-state index is 0.338. The van der Waals surface area contributed by atoms with E-state index in [1.54, 1.807) is 30.3 Å². The minimum atomic E-state index is -0.703. The van der Waals surface area contributed by atoms with Gasteiger partial charge in [-0.05, 0) is 42.1 Å². The first-order valence-electron chi connectivity index (χ1n) is 10.5. The van der Waals surface area contributed by atoms with Gasteiger partial charge in [-0.25, -0.2) is 0 Å². The molecule has 3 rings (SSSR count). The van der Waals surface area contributed by atoms with E-state index in [4.69, 9.17) is 9.47 Å². The molecule has 0 heterocycles. The summed E-state index contributed by atoms with van der Waals surface area (Å²) in [6.07, 6.45) is 2.01. The molecule has 32 heavy (non-hydrogen) atoms. The maximum absolute atomic E-state index is 12.2. The number of anilines is 1. The molecule has 3 aromatic rings. The Morgan fingerprint density at radius 3 is 2.44 bits per heavy atom. The Morgan fingerprint density at radius 2 is 1.66 bits per heavy atom. The average molecular weight is 434 g/mol. The first-order chi connectivity index (χ1) is 15.6. The third-order valence-electron chi connectivity index (χ3n) is 4.70. The highest BCUT2D eigenvalue weighted by Crippen LogP contribution is 2.22. The van der Waals surface area contributed by atoms with Crippen molar-refractivity contribution in [3.05, 3.63) is 72.3 Å². The lowest BCUT2D eigenvalue weighted by molar-refractivity contribution is -0.146. The molecule has 0 saturated carbocycles. The van der Waals surface area contributed by atoms with Crippen molar-refractivity contribution >= 4 is 34.2 Å². The highest BCUT2D eigenvalue weighted by atomic mass is 16.5. The minimum Gasteiger partial charge on any atom is -0.494 e. The van der Waals surface area contributed by atoms with E-state index in [2.05, 4.69) is 17.6 Å². The van der Waals surface area contributed by atoms with Crippen LogP contribution < -0.4 is 15.4 Å². The average Bonchev–Trinajstić information content (AvgIpc) is 2.82. The summed E-state index contributed by atoms with van der Waals surface area (Å²) in [7, 11) is 0. The van der Waals surface area contributed by atoms with Crippen LogP contribution in [-0.4, -0.2) is 37.5 Å². The molecule has 2 N–H and O–H groups in total. The molecule has 0 saturated heterocycles. The number of hydrogen-bond donors (Lipinski definition) is 2. The third-order valence-corrected chi connectivity index (χ3v) is 4.70. The highest BCUT2D eigenvalue weighted by molar-refractivity contribution is 6.03. The van der Waals surface area contributed by atoms with Crippen LogP contribution in [0.5, 0.6) is 5.75 Å². The lowest BCUT2D eigenvalue weighted by atomic mass is 10.1. The Morgan fingerprint density at radius 1 is 0.906 bits per heavy atom. The second-order valence-electron chi connectivity index (χ2n) is 7.14. The molecule has 0 spiro atoms. The number of fused-ring (bicyclic) bond motifs is 1. The van der Waals surface area contributed by atoms with Crippen LogP contribution in [0.4, 0.5) is 5.69 Å². The quantitative estimate of drug-likeness (QED) is 0.373. The van der Waals surface area contributed by atoms with Crippen molar-refractivity contribution in [3.63, 3.8) is 0 Å². The van der Waals surface area contributed by atoms with Gasteiger partial charge in [0.15, 0.2) is 6.61 Å². The molecule has 166 valence electrons. The summed E-state index contributed by atoms with van der Waals surface area (Å²) in [5, 5.41) is 7.10. The topological polar surface area (TPSA) is 93.7 Å². The molecule has 7 heteroatoms. The highest BCUT2D eigenvalue weighted by Gasteiger charge is 2.12. The summed E-state index contributed by atoms with van der Waals surface area (Å²) in [5.41, 5.74) is 1.04. The van der Waals surface area contributed by atoms with Crippen molar-refractivity contribution in [1.82, 2.24) is 5.32 Å². The van der Waals surface area contributed by atoms with Gasteiger partial charge < -0.3 is 20.1 Å². The lowest BCUT2D eigenvalue weighted by Crippen LogP contribution is -2.32. The van der Waals surface area contributed by atoms with Gasteiger partial charge in [-0.3, -0.25) is 14.4 Å². The Kier molecular flexibility index (Phi) is 8.20. The summed E-state index contributed by atoms with van der Waals surface area (Å²) in [4.78, 5) is 36.3. The molecule has 2 amide bonds. The first kappa shape index (κ1) is 22.8. The summed E-state index contributed by atoms with van der Waals surface area (Å²) in [6.45, 7) is 1.93. The molecular weight excluding hydrogens is 408 g/mol. The number of ether oxygens (including phenoxy) is 2. The Hall–Kier alpha value is -3.87. The van der Waals surface area contributed by atoms with Crippen LogP contribution in [0.3, 0.4) is 0 Å². The predicted octanol–water partition coefficient (Wildman–Crippen LogP) is 3.93. The lowest BCUT2D eigenvalue weighted by Gasteiger charge is -2.10. The van der Waals surface area contributed by atoms with Crippen LogP contribution in [0.2, 0.25) is 0 Å². The number of nitrogens with one attached hydrogen (secondary N) is 2. The fourth-order valence-electron chi connectivity index (χ4n) is 3.01. The van der Waals surface area contributed by atoms with Crippen LogP contribution in [-0.2, 0) is 14.3 Å². The van der Waals surface area contributed by atoms with Crippen LogP contribution in [0.1, 0.15) is 30.1 Å². The summed E-state index contributed by atoms with van der Waals surface area (Å²) >= 11 is 0. The van der Waals surface area contributed by atoms with Gasteiger partial charge in [0, 0.05) is 16.6 Å². The van der Waals surface area contributed by atoms with Crippen LogP contribution in [0.25, 0.3) is 10.8 Å². The van der Waals surface area contributed by atoms with E-state index >= 15 is 0 Å². The molecule has 0 atom stereocenters. The molecule has 0 unspecified atom stereocenters. The maximum atomic E-state index is 12.2. The van der Waals surface area contributed by atoms with Crippen molar-refractivity contribution < 1.29 is 23.9 Å². The summed E-state index contributed by atoms with van der Waals surface area (Å²) in [6, 6.07) is 19.9. The zero-order chi connectivity index (χ0) is 22.8. The van der Waals surface area contributed by atoms with Crippen molar-refractivity contribution in [2.75, 3.05) is 25.1 Å². The predicted molar refractivity (Wildman–Crippen MR) is 123 cm³/mol. The molecule has 0 radical (unpaired) electrons. The number of rotatable bonds is 10. The molecule has 3 aromatic carbocycles. The van der Waals surface area contributed by atoms with E-state index in [1.807, 2.05) is 36.4 Å². The van der Waals surface area contributed by atoms with Crippen LogP contribution in [0.15, 0.2) is 66.7 Å². The molecule has 0 bridgehead atoms. The van der Waals surface area contributed by atoms with Gasteiger partial charge >= 0.3 is 5.97 Å². The SMILES string of the molecule is CCCCOc1ccc(C(=O)NCC(=O)OCC(=O)Nc2cccc3ccccc23)cc1. The molecular formula is C25H26N2O5. The summed E-state index contributed by atoms with van der Waals surface area (Å²) in [5.74, 6) is -0.889. The molecule has 0 aliphatic rings. The molecule has 0 fully saturated rings. The monoisotopic (exact) mass is 434 g/mol. The van der Waals surface area contributed by atoms with Gasteiger partial charge in [-0.1, -0.05) is 49.7 Å². The largest absolute Gasteiger partial charge is 0.494 e. The number of carbonyl (C=O) groups is 3. The number of carbonyl (C=O) groups excluding carboxylic acids is 3. The molecule has 0 aliphatic heterocycles. The zero-order valence-corrected chi connectivity index (χ0v) is 17.9. The van der Waals surface area contributed by atoms with E-state index in [-0.39, 0.29) is 6.54 Å². The number of unbranched alkanes of at least 4 members (excludes halogenated alkanes) is 1. The maximum Gasteiger partial charge on any atom is 0.325 e. The summed E-state index contributed by atoms with van der Waals surface area (Å²) < 4.78 is 10.5. The standard InChI is InChI=1S/C25H26N2O5/c1-2-3-15-31-20-13-11-19(12-14-20)25(30)26-16-24(29)32-17-23(28)27-22-10-6-8-18-7-4-5-9-21(18)22/h4-14H,2-3,15-17H2,1H3,(H,26,30)(H,27,28). The fraction of sp³-hybridized carbons (Fsp3) is 0.240. The second-order valence-corrected chi connectivity index (χ2v) is 7.14. The second kappa shape index (κ2) is 11.5. The van der Waals surface area contributed by atoms with Crippen LogP contribution >= 0.6 is 0 Å². The van der Waals surface area contributed by atoms with Gasteiger partial charge in [0.2, 0.25) is 0 Å². The van der Waals surface area contributed by atoms with Gasteiger partial charge in [-0.15, -0.1) is 0 Å². The molecule has 0 aromatic heterocycles. The van der Waals surface area contributed by atoms with Crippen molar-refractivity contribution in [2.45, 2.75) is 19.8 Å². The zero-order valence-electron chi connectivity index (χ0n) is 17.9. The van der Waals surface area contributed by atoms with Crippen molar-refractivity contribution in [2.24, 2.45) is 0 Å². The van der Waals surface area contributed by atoms with E-state index < -0.39 is 24.4 Å². The van der Waals surface area contributed by atoms with Gasteiger partial charge in [0.05, 0.1) is 6.61 Å². The smallest absolute Gasteiger partial charge is 0.325 e. The first-order valence-corrected chi connectivity index (χ1v) is 10.5. The Balaban J connectivity index is 1.41. The van der Waals surface area contributed by atoms with Crippen molar-refractivity contribution in [1.29, 1.82) is 0 Å².